The Balaban J connectivity index is 0.00000200. The van der Waals surface area contributed by atoms with Crippen LogP contribution in [-0.2, 0) is 13.1 Å². The molecule has 1 N–H and O–H groups in total. The lowest BCUT2D eigenvalue weighted by atomic mass is 10.3. The van der Waals surface area contributed by atoms with E-state index in [9.17, 15) is 10.1 Å². The van der Waals surface area contributed by atoms with Crippen molar-refractivity contribution in [3.05, 3.63) is 45.8 Å². The van der Waals surface area contributed by atoms with Crippen LogP contribution in [0.2, 0.25) is 0 Å². The molecule has 0 bridgehead atoms. The van der Waals surface area contributed by atoms with Crippen LogP contribution < -0.4 is 5.32 Å². The molecular weight excluding hydrogens is 300 g/mol. The van der Waals surface area contributed by atoms with E-state index in [1.165, 1.54) is 11.3 Å². The Kier molecular flexibility index (Phi) is 7.21. The number of nitrogens with zero attached hydrogens (tertiary/aromatic N) is 3. The minimum Gasteiger partial charge on any atom is -0.337 e. The maximum Gasteiger partial charge on any atom is 0.324 e. The molecule has 0 spiro atoms. The van der Waals surface area contributed by atoms with E-state index in [-0.39, 0.29) is 22.3 Å². The molecule has 0 aliphatic rings. The summed E-state index contributed by atoms with van der Waals surface area (Å²) >= 11 is 1.17. The lowest BCUT2D eigenvalue weighted by molar-refractivity contribution is -0.380. The van der Waals surface area contributed by atoms with Gasteiger partial charge in [-0.15, -0.1) is 12.4 Å². The fraction of sp³-hybridized carbons (Fsp3) is 0.417. The minimum absolute atomic E-state index is 0. The molecule has 8 heteroatoms. The first kappa shape index (κ1) is 16.6. The Morgan fingerprint density at radius 3 is 2.95 bits per heavy atom. The van der Waals surface area contributed by atoms with Crippen LogP contribution in [0, 0.1) is 10.1 Å². The highest BCUT2D eigenvalue weighted by Crippen LogP contribution is 2.22. The Morgan fingerprint density at radius 1 is 1.45 bits per heavy atom. The largest absolute Gasteiger partial charge is 0.337 e. The number of rotatable bonds is 8. The summed E-state index contributed by atoms with van der Waals surface area (Å²) in [4.78, 5) is 14.2. The van der Waals surface area contributed by atoms with Gasteiger partial charge in [-0.1, -0.05) is 11.3 Å². The molecule has 0 saturated heterocycles. The molecule has 2 heterocycles. The van der Waals surface area contributed by atoms with Gasteiger partial charge in [0, 0.05) is 36.9 Å². The van der Waals surface area contributed by atoms with E-state index in [0.717, 1.165) is 31.5 Å². The van der Waals surface area contributed by atoms with Crippen molar-refractivity contribution in [2.45, 2.75) is 25.9 Å². The van der Waals surface area contributed by atoms with Gasteiger partial charge in [0.25, 0.3) is 0 Å². The molecule has 0 fully saturated rings. The van der Waals surface area contributed by atoms with Crippen LogP contribution in [0.15, 0.2) is 30.2 Å². The van der Waals surface area contributed by atoms with Crippen LogP contribution >= 0.6 is 23.7 Å². The van der Waals surface area contributed by atoms with Gasteiger partial charge in [-0.25, -0.2) is 4.98 Å². The first-order valence-electron chi connectivity index (χ1n) is 6.14. The third-order valence-corrected chi connectivity index (χ3v) is 3.66. The second-order valence-corrected chi connectivity index (χ2v) is 5.12. The lowest BCUT2D eigenvalue weighted by Gasteiger charge is -2.04. The highest BCUT2D eigenvalue weighted by atomic mass is 35.5. The molecule has 0 aromatic carbocycles. The predicted molar refractivity (Wildman–Crippen MR) is 81.4 cm³/mol. The average Bonchev–Trinajstić information content (AvgIpc) is 3.04. The van der Waals surface area contributed by atoms with Gasteiger partial charge >= 0.3 is 5.00 Å². The number of hydrogen-bond donors (Lipinski definition) is 1. The van der Waals surface area contributed by atoms with Gasteiger partial charge in [0.1, 0.15) is 0 Å². The molecule has 20 heavy (non-hydrogen) atoms. The number of hydrogen-bond acceptors (Lipinski definition) is 5. The van der Waals surface area contributed by atoms with Gasteiger partial charge in [-0.2, -0.15) is 0 Å². The quantitative estimate of drug-likeness (QED) is 0.462. The monoisotopic (exact) mass is 316 g/mol. The van der Waals surface area contributed by atoms with Crippen molar-refractivity contribution >= 4 is 28.7 Å². The molecule has 6 nitrogen and oxygen atoms in total. The molecule has 2 rings (SSSR count). The van der Waals surface area contributed by atoms with Crippen molar-refractivity contribution in [2.75, 3.05) is 6.54 Å². The number of aromatic nitrogens is 2. The van der Waals surface area contributed by atoms with Gasteiger partial charge in [0.2, 0.25) is 0 Å². The Labute approximate surface area is 127 Å². The van der Waals surface area contributed by atoms with Crippen molar-refractivity contribution < 1.29 is 4.92 Å². The normalized spacial score (nSPS) is 10.2. The number of imidazole rings is 1. The van der Waals surface area contributed by atoms with E-state index in [0.29, 0.717) is 6.54 Å². The molecule has 2 aromatic rings. The van der Waals surface area contributed by atoms with Gasteiger partial charge in [-0.3, -0.25) is 10.1 Å². The molecule has 0 atom stereocenters. The summed E-state index contributed by atoms with van der Waals surface area (Å²) in [7, 11) is 0. The molecule has 0 unspecified atom stereocenters. The van der Waals surface area contributed by atoms with Crippen LogP contribution in [0.25, 0.3) is 0 Å². The zero-order valence-electron chi connectivity index (χ0n) is 10.9. The minimum atomic E-state index is -0.348. The van der Waals surface area contributed by atoms with Crippen LogP contribution in [0.1, 0.15) is 18.4 Å². The molecule has 110 valence electrons. The zero-order chi connectivity index (χ0) is 13.5. The van der Waals surface area contributed by atoms with Gasteiger partial charge < -0.3 is 9.88 Å². The fourth-order valence-corrected chi connectivity index (χ4v) is 2.48. The van der Waals surface area contributed by atoms with Crippen molar-refractivity contribution in [3.63, 3.8) is 0 Å². The zero-order valence-corrected chi connectivity index (χ0v) is 12.5. The summed E-state index contributed by atoms with van der Waals surface area (Å²) in [5, 5.41) is 15.9. The highest BCUT2D eigenvalue weighted by Gasteiger charge is 2.08. The smallest absolute Gasteiger partial charge is 0.324 e. The van der Waals surface area contributed by atoms with E-state index in [1.54, 1.807) is 12.3 Å². The molecule has 2 aromatic heterocycles. The standard InChI is InChI=1S/C12H16N4O2S.ClH/c17-16(18)12-7-11(9-19-12)8-13-3-1-2-5-15-6-4-14-10-15;/h4,6-7,9-10,13H,1-3,5,8H2;1H. The highest BCUT2D eigenvalue weighted by molar-refractivity contribution is 7.13. The predicted octanol–water partition coefficient (Wildman–Crippen LogP) is 2.84. The molecule has 0 saturated carbocycles. The third kappa shape index (κ3) is 5.28. The number of nitro groups is 1. The lowest BCUT2D eigenvalue weighted by Crippen LogP contribution is -2.14. The van der Waals surface area contributed by atoms with E-state index < -0.39 is 0 Å². The Morgan fingerprint density at radius 2 is 2.30 bits per heavy atom. The van der Waals surface area contributed by atoms with Crippen LogP contribution in [0.5, 0.6) is 0 Å². The van der Waals surface area contributed by atoms with Gasteiger partial charge in [0.15, 0.2) is 0 Å². The number of halogens is 1. The number of aryl methyl sites for hydroxylation is 1. The summed E-state index contributed by atoms with van der Waals surface area (Å²) in [6.07, 6.45) is 7.72. The maximum absolute atomic E-state index is 10.5. The average molecular weight is 317 g/mol. The number of thiophene rings is 1. The summed E-state index contributed by atoms with van der Waals surface area (Å²) < 4.78 is 2.06. The van der Waals surface area contributed by atoms with Crippen LogP contribution in [-0.4, -0.2) is 21.0 Å². The van der Waals surface area contributed by atoms with Crippen molar-refractivity contribution in [3.8, 4) is 0 Å². The summed E-state index contributed by atoms with van der Waals surface area (Å²) in [5.74, 6) is 0. The van der Waals surface area contributed by atoms with E-state index in [4.69, 9.17) is 0 Å². The number of unbranched alkanes of at least 4 members (excludes halogenated alkanes) is 1. The maximum atomic E-state index is 10.5. The van der Waals surface area contributed by atoms with E-state index in [2.05, 4.69) is 14.9 Å². The van der Waals surface area contributed by atoms with Crippen molar-refractivity contribution in [2.24, 2.45) is 0 Å². The molecule has 0 amide bonds. The SMILES string of the molecule is Cl.O=[N+]([O-])c1cc(CNCCCCn2ccnc2)cs1. The molecular formula is C12H17ClN4O2S. The second kappa shape index (κ2) is 8.68. The van der Waals surface area contributed by atoms with Crippen LogP contribution in [0.4, 0.5) is 5.00 Å². The third-order valence-electron chi connectivity index (χ3n) is 2.73. The Bertz CT molecular complexity index is 515. The van der Waals surface area contributed by atoms with E-state index in [1.807, 2.05) is 17.9 Å². The van der Waals surface area contributed by atoms with Gasteiger partial charge in [0.05, 0.1) is 11.3 Å². The van der Waals surface area contributed by atoms with Crippen molar-refractivity contribution in [1.29, 1.82) is 0 Å². The van der Waals surface area contributed by atoms with E-state index >= 15 is 0 Å². The first-order chi connectivity index (χ1) is 9.25. The molecule has 0 radical (unpaired) electrons. The molecule has 0 aliphatic heterocycles. The summed E-state index contributed by atoms with van der Waals surface area (Å²) in [6.45, 7) is 2.58. The summed E-state index contributed by atoms with van der Waals surface area (Å²) in [5.41, 5.74) is 0.978. The summed E-state index contributed by atoms with van der Waals surface area (Å²) in [6, 6.07) is 1.63. The Hall–Kier alpha value is -1.44. The second-order valence-electron chi connectivity index (χ2n) is 4.23. The van der Waals surface area contributed by atoms with Crippen LogP contribution in [0.3, 0.4) is 0 Å². The first-order valence-corrected chi connectivity index (χ1v) is 7.02. The number of nitrogens with one attached hydrogen (secondary N) is 1. The topological polar surface area (TPSA) is 73.0 Å². The van der Waals surface area contributed by atoms with Gasteiger partial charge in [-0.05, 0) is 24.9 Å². The fourth-order valence-electron chi connectivity index (χ4n) is 1.75. The molecule has 0 aliphatic carbocycles. The van der Waals surface area contributed by atoms with Crippen molar-refractivity contribution in [1.82, 2.24) is 14.9 Å².